The highest BCUT2D eigenvalue weighted by molar-refractivity contribution is 6.31. The third-order valence-electron chi connectivity index (χ3n) is 4.38. The van der Waals surface area contributed by atoms with Crippen LogP contribution in [0, 0.1) is 0 Å². The van der Waals surface area contributed by atoms with Gasteiger partial charge in [-0.1, -0.05) is 11.6 Å². The molecule has 0 amide bonds. The molecule has 6 heteroatoms. The van der Waals surface area contributed by atoms with Crippen molar-refractivity contribution in [1.29, 1.82) is 0 Å². The van der Waals surface area contributed by atoms with Gasteiger partial charge in [-0.05, 0) is 37.4 Å². The minimum atomic E-state index is 0.0662. The van der Waals surface area contributed by atoms with Crippen LogP contribution in [0.15, 0.2) is 18.5 Å². The first-order valence-corrected chi connectivity index (χ1v) is 7.56. The SMILES string of the molecule is NNC(Cc1ccncc1Cl)C1CN2CCCC2CO1. The number of morpholine rings is 1. The van der Waals surface area contributed by atoms with Crippen molar-refractivity contribution in [3.05, 3.63) is 29.0 Å². The van der Waals surface area contributed by atoms with Crippen LogP contribution in [0.1, 0.15) is 18.4 Å². The summed E-state index contributed by atoms with van der Waals surface area (Å²) in [4.78, 5) is 6.53. The zero-order valence-corrected chi connectivity index (χ0v) is 12.2. The molecule has 0 radical (unpaired) electrons. The third-order valence-corrected chi connectivity index (χ3v) is 4.72. The van der Waals surface area contributed by atoms with Gasteiger partial charge in [0.2, 0.25) is 0 Å². The second-order valence-corrected chi connectivity index (χ2v) is 6.01. The minimum absolute atomic E-state index is 0.0662. The summed E-state index contributed by atoms with van der Waals surface area (Å²) in [7, 11) is 0. The number of ether oxygens (including phenoxy) is 1. The number of hydrazine groups is 1. The summed E-state index contributed by atoms with van der Waals surface area (Å²) in [5.74, 6) is 5.73. The van der Waals surface area contributed by atoms with Crippen LogP contribution < -0.4 is 11.3 Å². The number of aromatic nitrogens is 1. The summed E-state index contributed by atoms with van der Waals surface area (Å²) in [5, 5.41) is 0.683. The molecule has 5 nitrogen and oxygen atoms in total. The number of nitrogens with zero attached hydrogens (tertiary/aromatic N) is 2. The van der Waals surface area contributed by atoms with Crippen LogP contribution in [-0.2, 0) is 11.2 Å². The zero-order chi connectivity index (χ0) is 13.9. The number of fused-ring (bicyclic) bond motifs is 1. The Labute approximate surface area is 124 Å². The smallest absolute Gasteiger partial charge is 0.0872 e. The van der Waals surface area contributed by atoms with Crippen molar-refractivity contribution in [3.8, 4) is 0 Å². The van der Waals surface area contributed by atoms with E-state index >= 15 is 0 Å². The summed E-state index contributed by atoms with van der Waals surface area (Å²) in [6.45, 7) is 2.94. The molecule has 0 saturated carbocycles. The lowest BCUT2D eigenvalue weighted by atomic mass is 10.0. The van der Waals surface area contributed by atoms with Gasteiger partial charge >= 0.3 is 0 Å². The van der Waals surface area contributed by atoms with Crippen LogP contribution in [0.5, 0.6) is 0 Å². The monoisotopic (exact) mass is 296 g/mol. The van der Waals surface area contributed by atoms with Crippen LogP contribution in [0.3, 0.4) is 0 Å². The number of hydrogen-bond donors (Lipinski definition) is 2. The largest absolute Gasteiger partial charge is 0.374 e. The van der Waals surface area contributed by atoms with Gasteiger partial charge in [0, 0.05) is 25.0 Å². The Morgan fingerprint density at radius 2 is 2.50 bits per heavy atom. The summed E-state index contributed by atoms with van der Waals surface area (Å²) in [6.07, 6.45) is 6.82. The number of nitrogens with two attached hydrogens (primary N) is 1. The number of nitrogens with one attached hydrogen (secondary N) is 1. The van der Waals surface area contributed by atoms with Gasteiger partial charge in [-0.2, -0.15) is 0 Å². The molecule has 3 unspecified atom stereocenters. The van der Waals surface area contributed by atoms with E-state index in [0.29, 0.717) is 11.1 Å². The molecule has 3 atom stereocenters. The first-order chi connectivity index (χ1) is 9.78. The first kappa shape index (κ1) is 14.2. The van der Waals surface area contributed by atoms with Gasteiger partial charge in [0.15, 0.2) is 0 Å². The highest BCUT2D eigenvalue weighted by Crippen LogP contribution is 2.25. The molecular formula is C14H21ClN4O. The highest BCUT2D eigenvalue weighted by Gasteiger charge is 2.35. The van der Waals surface area contributed by atoms with Gasteiger partial charge < -0.3 is 4.74 Å². The van der Waals surface area contributed by atoms with E-state index < -0.39 is 0 Å². The summed E-state index contributed by atoms with van der Waals surface area (Å²) >= 11 is 6.17. The van der Waals surface area contributed by atoms with Gasteiger partial charge in [-0.25, -0.2) is 0 Å². The Balaban J connectivity index is 1.66. The van der Waals surface area contributed by atoms with Crippen LogP contribution in [-0.4, -0.2) is 47.8 Å². The van der Waals surface area contributed by atoms with Gasteiger partial charge in [-0.15, -0.1) is 0 Å². The van der Waals surface area contributed by atoms with Crippen molar-refractivity contribution in [2.45, 2.75) is 37.5 Å². The molecule has 20 heavy (non-hydrogen) atoms. The lowest BCUT2D eigenvalue weighted by molar-refractivity contribution is -0.0644. The molecule has 1 aromatic heterocycles. The van der Waals surface area contributed by atoms with Gasteiger partial charge in [0.1, 0.15) is 0 Å². The van der Waals surface area contributed by atoms with E-state index in [1.807, 2.05) is 6.07 Å². The van der Waals surface area contributed by atoms with Crippen molar-refractivity contribution in [3.63, 3.8) is 0 Å². The lowest BCUT2D eigenvalue weighted by Gasteiger charge is -2.38. The van der Waals surface area contributed by atoms with E-state index in [9.17, 15) is 0 Å². The zero-order valence-electron chi connectivity index (χ0n) is 11.5. The molecule has 0 aromatic carbocycles. The maximum Gasteiger partial charge on any atom is 0.0872 e. The molecule has 0 bridgehead atoms. The van der Waals surface area contributed by atoms with E-state index in [1.165, 1.54) is 19.4 Å². The molecule has 3 rings (SSSR count). The van der Waals surface area contributed by atoms with Crippen LogP contribution >= 0.6 is 11.6 Å². The van der Waals surface area contributed by atoms with E-state index in [0.717, 1.165) is 25.1 Å². The number of pyridine rings is 1. The molecule has 0 aliphatic carbocycles. The second-order valence-electron chi connectivity index (χ2n) is 5.61. The maximum atomic E-state index is 6.17. The summed E-state index contributed by atoms with van der Waals surface area (Å²) in [5.41, 5.74) is 3.95. The van der Waals surface area contributed by atoms with Crippen molar-refractivity contribution in [2.75, 3.05) is 19.7 Å². The average molecular weight is 297 g/mol. The normalized spacial score (nSPS) is 28.3. The van der Waals surface area contributed by atoms with Gasteiger partial charge in [0.25, 0.3) is 0 Å². The summed E-state index contributed by atoms with van der Waals surface area (Å²) < 4.78 is 6.01. The first-order valence-electron chi connectivity index (χ1n) is 7.18. The van der Waals surface area contributed by atoms with Crippen LogP contribution in [0.25, 0.3) is 0 Å². The van der Waals surface area contributed by atoms with E-state index in [-0.39, 0.29) is 12.1 Å². The van der Waals surface area contributed by atoms with E-state index in [4.69, 9.17) is 22.2 Å². The third kappa shape index (κ3) is 2.97. The van der Waals surface area contributed by atoms with Gasteiger partial charge in [0.05, 0.1) is 23.8 Å². The van der Waals surface area contributed by atoms with Crippen molar-refractivity contribution < 1.29 is 4.74 Å². The predicted molar refractivity (Wildman–Crippen MR) is 78.4 cm³/mol. The van der Waals surface area contributed by atoms with Crippen LogP contribution in [0.2, 0.25) is 5.02 Å². The quantitative estimate of drug-likeness (QED) is 0.640. The highest BCUT2D eigenvalue weighted by atomic mass is 35.5. The van der Waals surface area contributed by atoms with E-state index in [2.05, 4.69) is 15.3 Å². The van der Waals surface area contributed by atoms with Crippen molar-refractivity contribution in [1.82, 2.24) is 15.3 Å². The topological polar surface area (TPSA) is 63.4 Å². The summed E-state index contributed by atoms with van der Waals surface area (Å²) in [6, 6.07) is 2.61. The molecule has 2 fully saturated rings. The molecule has 110 valence electrons. The van der Waals surface area contributed by atoms with E-state index in [1.54, 1.807) is 12.4 Å². The molecule has 1 aromatic rings. The lowest BCUT2D eigenvalue weighted by Crippen LogP contribution is -2.56. The van der Waals surface area contributed by atoms with Crippen LogP contribution in [0.4, 0.5) is 0 Å². The van der Waals surface area contributed by atoms with Crippen molar-refractivity contribution in [2.24, 2.45) is 5.84 Å². The number of rotatable bonds is 4. The number of hydrogen-bond acceptors (Lipinski definition) is 5. The Morgan fingerprint density at radius 1 is 1.60 bits per heavy atom. The maximum absolute atomic E-state index is 6.17. The number of halogens is 1. The molecule has 2 aliphatic heterocycles. The Kier molecular flexibility index (Phi) is 4.53. The minimum Gasteiger partial charge on any atom is -0.374 e. The average Bonchev–Trinajstić information content (AvgIpc) is 2.94. The Morgan fingerprint density at radius 3 is 3.30 bits per heavy atom. The van der Waals surface area contributed by atoms with Crippen molar-refractivity contribution >= 4 is 11.6 Å². The second kappa shape index (κ2) is 6.37. The van der Waals surface area contributed by atoms with Gasteiger partial charge in [-0.3, -0.25) is 21.2 Å². The fourth-order valence-corrected chi connectivity index (χ4v) is 3.39. The molecule has 3 N–H and O–H groups in total. The fourth-order valence-electron chi connectivity index (χ4n) is 3.19. The molecular weight excluding hydrogens is 276 g/mol. The standard InChI is InChI=1S/C14H21ClN4O/c15-12-7-17-4-3-10(12)6-13(18-16)14-8-19-5-1-2-11(19)9-20-14/h3-4,7,11,13-14,18H,1-2,5-6,8-9,16H2. The molecule has 2 aliphatic rings. The fraction of sp³-hybridized carbons (Fsp3) is 0.643. The predicted octanol–water partition coefficient (Wildman–Crippen LogP) is 0.973. The Bertz CT molecular complexity index is 459. The molecule has 2 saturated heterocycles. The Hall–Kier alpha value is -0.720. The molecule has 3 heterocycles. The molecule has 0 spiro atoms.